The smallest absolute Gasteiger partial charge is 0.340 e. The van der Waals surface area contributed by atoms with Crippen molar-refractivity contribution in [3.05, 3.63) is 95.6 Å². The van der Waals surface area contributed by atoms with Gasteiger partial charge in [0, 0.05) is 11.1 Å². The van der Waals surface area contributed by atoms with Gasteiger partial charge in [0.05, 0.1) is 11.4 Å². The van der Waals surface area contributed by atoms with Crippen LogP contribution in [-0.4, -0.2) is 20.9 Å². The quantitative estimate of drug-likeness (QED) is 0.516. The van der Waals surface area contributed by atoms with Crippen LogP contribution >= 0.6 is 0 Å². The molecule has 0 saturated heterocycles. The first-order valence-electron chi connectivity index (χ1n) is 9.10. The molecular weight excluding hydrogens is 348 g/mol. The van der Waals surface area contributed by atoms with Crippen molar-refractivity contribution in [2.24, 2.45) is 0 Å². The van der Waals surface area contributed by atoms with Gasteiger partial charge in [-0.25, -0.2) is 9.48 Å². The number of carboxylic acid groups (broad SMARTS) is 1. The number of benzene rings is 3. The van der Waals surface area contributed by atoms with Crippen molar-refractivity contribution in [3.8, 4) is 28.2 Å². The molecule has 4 nitrogen and oxygen atoms in total. The Morgan fingerprint density at radius 3 is 1.93 bits per heavy atom. The molecule has 4 rings (SSSR count). The molecule has 0 bridgehead atoms. The zero-order chi connectivity index (χ0) is 19.7. The summed E-state index contributed by atoms with van der Waals surface area (Å²) in [4.78, 5) is 12.3. The Morgan fingerprint density at radius 2 is 1.36 bits per heavy atom. The average molecular weight is 368 g/mol. The predicted molar refractivity (Wildman–Crippen MR) is 111 cm³/mol. The highest BCUT2D eigenvalue weighted by Crippen LogP contribution is 2.34. The lowest BCUT2D eigenvalue weighted by Crippen LogP contribution is -2.03. The molecule has 1 aromatic heterocycles. The molecule has 0 radical (unpaired) electrons. The molecule has 0 spiro atoms. The molecule has 4 aromatic rings. The highest BCUT2D eigenvalue weighted by molar-refractivity contribution is 6.01. The molecule has 3 aromatic carbocycles. The third-order valence-corrected chi connectivity index (χ3v) is 4.75. The van der Waals surface area contributed by atoms with Crippen LogP contribution in [0.5, 0.6) is 0 Å². The third kappa shape index (κ3) is 3.21. The Hall–Kier alpha value is -3.66. The van der Waals surface area contributed by atoms with Crippen molar-refractivity contribution in [1.82, 2.24) is 9.78 Å². The van der Waals surface area contributed by atoms with E-state index in [1.807, 2.05) is 92.7 Å². The summed E-state index contributed by atoms with van der Waals surface area (Å²) >= 11 is 0. The molecule has 0 unspecified atom stereocenters. The molecule has 1 heterocycles. The number of hydrogen-bond acceptors (Lipinski definition) is 2. The molecule has 0 aliphatic rings. The van der Waals surface area contributed by atoms with Crippen LogP contribution < -0.4 is 0 Å². The van der Waals surface area contributed by atoms with Crippen molar-refractivity contribution in [3.63, 3.8) is 0 Å². The number of hydrogen-bond donors (Lipinski definition) is 1. The second kappa shape index (κ2) is 7.16. The third-order valence-electron chi connectivity index (χ3n) is 4.75. The average Bonchev–Trinajstić information content (AvgIpc) is 3.11. The molecule has 138 valence electrons. The first-order chi connectivity index (χ1) is 13.5. The van der Waals surface area contributed by atoms with E-state index in [-0.39, 0.29) is 5.56 Å². The Bertz CT molecular complexity index is 1130. The molecule has 0 fully saturated rings. The lowest BCUT2D eigenvalue weighted by Gasteiger charge is -2.09. The summed E-state index contributed by atoms with van der Waals surface area (Å²) in [6.45, 7) is 4.02. The van der Waals surface area contributed by atoms with E-state index in [1.54, 1.807) is 4.68 Å². The van der Waals surface area contributed by atoms with Gasteiger partial charge in [-0.3, -0.25) is 0 Å². The Balaban J connectivity index is 2.04. The van der Waals surface area contributed by atoms with Crippen molar-refractivity contribution in [1.29, 1.82) is 0 Å². The van der Waals surface area contributed by atoms with Gasteiger partial charge in [0.2, 0.25) is 0 Å². The summed E-state index contributed by atoms with van der Waals surface area (Å²) in [6.07, 6.45) is 0. The second-order valence-electron chi connectivity index (χ2n) is 6.86. The molecular formula is C24H20N2O2. The molecule has 0 atom stereocenters. The van der Waals surface area contributed by atoms with Gasteiger partial charge in [-0.1, -0.05) is 77.9 Å². The number of carbonyl (C=O) groups is 1. The predicted octanol–water partition coefficient (Wildman–Crippen LogP) is 5.52. The Morgan fingerprint density at radius 1 is 0.786 bits per heavy atom. The largest absolute Gasteiger partial charge is 0.478 e. The summed E-state index contributed by atoms with van der Waals surface area (Å²) in [6, 6.07) is 25.2. The second-order valence-corrected chi connectivity index (χ2v) is 6.86. The minimum absolute atomic E-state index is 0.204. The monoisotopic (exact) mass is 368 g/mol. The van der Waals surface area contributed by atoms with Crippen LogP contribution in [0.15, 0.2) is 78.9 Å². The highest BCUT2D eigenvalue weighted by Gasteiger charge is 2.26. The maximum absolute atomic E-state index is 12.3. The first kappa shape index (κ1) is 17.7. The number of nitrogens with zero attached hydrogens (tertiary/aromatic N) is 2. The van der Waals surface area contributed by atoms with Gasteiger partial charge >= 0.3 is 5.97 Å². The van der Waals surface area contributed by atoms with E-state index >= 15 is 0 Å². The lowest BCUT2D eigenvalue weighted by atomic mass is 10.0. The summed E-state index contributed by atoms with van der Waals surface area (Å²) in [5.74, 6) is -0.993. The van der Waals surface area contributed by atoms with E-state index in [4.69, 9.17) is 5.10 Å². The van der Waals surface area contributed by atoms with Crippen LogP contribution in [0.4, 0.5) is 0 Å². The number of aryl methyl sites for hydroxylation is 2. The van der Waals surface area contributed by atoms with Gasteiger partial charge in [0.1, 0.15) is 11.3 Å². The number of aromatic nitrogens is 2. The fourth-order valence-corrected chi connectivity index (χ4v) is 3.27. The van der Waals surface area contributed by atoms with Gasteiger partial charge in [-0.2, -0.15) is 5.10 Å². The van der Waals surface area contributed by atoms with Crippen molar-refractivity contribution in [2.75, 3.05) is 0 Å². The summed E-state index contributed by atoms with van der Waals surface area (Å²) in [5.41, 5.74) is 5.91. The van der Waals surface area contributed by atoms with E-state index < -0.39 is 5.97 Å². The van der Waals surface area contributed by atoms with Crippen molar-refractivity contribution < 1.29 is 9.90 Å². The highest BCUT2D eigenvalue weighted by atomic mass is 16.4. The SMILES string of the molecule is Cc1ccc(-c2nn(-c3ccc(C)cc3)c(-c3ccccc3)c2C(=O)O)cc1. The number of carboxylic acids is 1. The van der Waals surface area contributed by atoms with E-state index in [9.17, 15) is 9.90 Å². The van der Waals surface area contributed by atoms with Crippen LogP contribution in [0, 0.1) is 13.8 Å². The fourth-order valence-electron chi connectivity index (χ4n) is 3.27. The van der Waals surface area contributed by atoms with E-state index in [0.29, 0.717) is 11.4 Å². The molecule has 4 heteroatoms. The van der Waals surface area contributed by atoms with Gasteiger partial charge in [0.15, 0.2) is 0 Å². The van der Waals surface area contributed by atoms with E-state index in [2.05, 4.69) is 0 Å². The topological polar surface area (TPSA) is 55.1 Å². The van der Waals surface area contributed by atoms with Crippen LogP contribution in [0.25, 0.3) is 28.2 Å². The fraction of sp³-hybridized carbons (Fsp3) is 0.0833. The van der Waals surface area contributed by atoms with Crippen molar-refractivity contribution in [2.45, 2.75) is 13.8 Å². The normalized spacial score (nSPS) is 10.8. The Labute approximate surface area is 163 Å². The maximum atomic E-state index is 12.3. The van der Waals surface area contributed by atoms with Gasteiger partial charge < -0.3 is 5.11 Å². The Kier molecular flexibility index (Phi) is 4.53. The van der Waals surface area contributed by atoms with Crippen molar-refractivity contribution >= 4 is 5.97 Å². The minimum atomic E-state index is -0.993. The number of rotatable bonds is 4. The summed E-state index contributed by atoms with van der Waals surface area (Å²) in [5, 5.41) is 14.8. The maximum Gasteiger partial charge on any atom is 0.340 e. The van der Waals surface area contributed by atoms with Crippen LogP contribution in [0.1, 0.15) is 21.5 Å². The zero-order valence-electron chi connectivity index (χ0n) is 15.8. The molecule has 0 saturated carbocycles. The van der Waals surface area contributed by atoms with Gasteiger partial charge in [0.25, 0.3) is 0 Å². The van der Waals surface area contributed by atoms with Gasteiger partial charge in [-0.15, -0.1) is 0 Å². The summed E-state index contributed by atoms with van der Waals surface area (Å²) in [7, 11) is 0. The molecule has 28 heavy (non-hydrogen) atoms. The van der Waals surface area contributed by atoms with Gasteiger partial charge in [-0.05, 0) is 26.0 Å². The molecule has 0 aliphatic carbocycles. The molecule has 1 N–H and O–H groups in total. The molecule has 0 aliphatic heterocycles. The summed E-state index contributed by atoms with van der Waals surface area (Å²) < 4.78 is 1.73. The minimum Gasteiger partial charge on any atom is -0.478 e. The van der Waals surface area contributed by atoms with Crippen LogP contribution in [0.2, 0.25) is 0 Å². The van der Waals surface area contributed by atoms with Crippen LogP contribution in [-0.2, 0) is 0 Å². The van der Waals surface area contributed by atoms with Crippen LogP contribution in [0.3, 0.4) is 0 Å². The van der Waals surface area contributed by atoms with E-state index in [1.165, 1.54) is 0 Å². The standard InChI is InChI=1S/C24H20N2O2/c1-16-8-12-18(13-9-16)22-21(24(27)28)23(19-6-4-3-5-7-19)26(25-22)20-14-10-17(2)11-15-20/h3-15H,1-2H3,(H,27,28). The van der Waals surface area contributed by atoms with E-state index in [0.717, 1.165) is 27.9 Å². The molecule has 0 amide bonds. The number of aromatic carboxylic acids is 1. The lowest BCUT2D eigenvalue weighted by molar-refractivity contribution is 0.0698. The first-order valence-corrected chi connectivity index (χ1v) is 9.10. The zero-order valence-corrected chi connectivity index (χ0v) is 15.8.